The lowest BCUT2D eigenvalue weighted by Gasteiger charge is -2.02. The minimum absolute atomic E-state index is 0.222. The van der Waals surface area contributed by atoms with E-state index in [0.29, 0.717) is 17.2 Å². The van der Waals surface area contributed by atoms with E-state index in [9.17, 15) is 0 Å². The second-order valence-corrected chi connectivity index (χ2v) is 17.5. The molecule has 0 radical (unpaired) electrons. The molecular weight excluding hydrogens is 677 g/mol. The summed E-state index contributed by atoms with van der Waals surface area (Å²) in [6.45, 7) is 11.0. The smallest absolute Gasteiger partial charge is 0.115 e. The van der Waals surface area contributed by atoms with Crippen LogP contribution in [0.3, 0.4) is 0 Å². The van der Waals surface area contributed by atoms with Crippen LogP contribution in [-0.4, -0.2) is 27.8 Å². The van der Waals surface area contributed by atoms with E-state index in [1.165, 1.54) is 139 Å². The quantitative estimate of drug-likeness (QED) is 0.0947. The predicted octanol–water partition coefficient (Wildman–Crippen LogP) is 14.6. The van der Waals surface area contributed by atoms with Crippen molar-refractivity contribution in [3.05, 3.63) is 89.5 Å². The van der Waals surface area contributed by atoms with Gasteiger partial charge in [-0.05, 0) is 104 Å². The van der Waals surface area contributed by atoms with Crippen molar-refractivity contribution in [2.45, 2.75) is 176 Å². The van der Waals surface area contributed by atoms with Crippen LogP contribution >= 0.6 is 0 Å². The fourth-order valence-electron chi connectivity index (χ4n) is 5.32. The normalized spacial score (nSPS) is 10.1. The summed E-state index contributed by atoms with van der Waals surface area (Å²) in [6.07, 6.45) is 32.8. The molecule has 0 saturated heterocycles. The molecule has 52 heavy (non-hydrogen) atoms. The molecule has 0 aromatic heterocycles. The van der Waals surface area contributed by atoms with Crippen molar-refractivity contribution in [3.63, 3.8) is 0 Å². The number of unbranched alkanes of at least 4 members (excludes halogenated alkanes) is 15. The highest BCUT2D eigenvalue weighted by atomic mass is 32.8. The van der Waals surface area contributed by atoms with Crippen LogP contribution in [-0.2, 0) is 39.9 Å². The van der Waals surface area contributed by atoms with Crippen molar-refractivity contribution in [2.24, 2.45) is 0 Å². The largest absolute Gasteiger partial charge is 0.508 e. The molecule has 0 aliphatic heterocycles. The summed E-state index contributed by atoms with van der Waals surface area (Å²) in [5, 5.41) is 27.4. The van der Waals surface area contributed by atoms with Crippen LogP contribution in [0.15, 0.2) is 72.8 Å². The van der Waals surface area contributed by atoms with E-state index in [2.05, 4.69) is 45.8 Å². The van der Waals surface area contributed by atoms with Gasteiger partial charge in [-0.25, -0.2) is 0 Å². The molecule has 0 heterocycles. The first kappa shape index (κ1) is 51.7. The highest BCUT2D eigenvalue weighted by Crippen LogP contribution is 2.16. The molecule has 3 rings (SSSR count). The molecule has 3 aromatic rings. The van der Waals surface area contributed by atoms with Crippen LogP contribution in [0.5, 0.6) is 17.2 Å². The van der Waals surface area contributed by atoms with Gasteiger partial charge in [0.1, 0.15) is 17.2 Å². The van der Waals surface area contributed by atoms with Gasteiger partial charge in [-0.1, -0.05) is 185 Å². The maximum absolute atomic E-state index is 9.13. The number of hydrogen-bond acceptors (Lipinski definition) is 4. The Bertz CT molecular complexity index is 1000. The van der Waals surface area contributed by atoms with Gasteiger partial charge < -0.3 is 15.3 Å². The second kappa shape index (κ2) is 39.8. The van der Waals surface area contributed by atoms with Crippen molar-refractivity contribution in [1.29, 1.82) is 0 Å². The molecule has 0 spiro atoms. The lowest BCUT2D eigenvalue weighted by molar-refractivity contribution is 0.474. The average Bonchev–Trinajstić information content (AvgIpc) is 3.12. The van der Waals surface area contributed by atoms with Crippen LogP contribution in [0.4, 0.5) is 0 Å². The molecule has 0 saturated carbocycles. The second-order valence-electron chi connectivity index (χ2n) is 14.0. The number of hydrogen-bond donors (Lipinski definition) is 3. The number of benzene rings is 3. The van der Waals surface area contributed by atoms with Gasteiger partial charge in [0.15, 0.2) is 0 Å². The maximum Gasteiger partial charge on any atom is 0.115 e. The molecule has 0 atom stereocenters. The third-order valence-corrected chi connectivity index (χ3v) is 8.27. The molecule has 0 fully saturated rings. The van der Waals surface area contributed by atoms with Gasteiger partial charge >= 0.3 is 0 Å². The summed E-state index contributed by atoms with van der Waals surface area (Å²) < 4.78 is 0. The average molecular weight is 757 g/mol. The van der Waals surface area contributed by atoms with Crippen molar-refractivity contribution in [3.8, 4) is 17.2 Å². The van der Waals surface area contributed by atoms with E-state index in [4.69, 9.17) is 15.3 Å². The van der Waals surface area contributed by atoms with Crippen molar-refractivity contribution in [2.75, 3.05) is 12.5 Å². The number of aryl methyl sites for hydroxylation is 3. The monoisotopic (exact) mass is 757 g/mol. The summed E-state index contributed by atoms with van der Waals surface area (Å²) in [5.74, 6) is 1.09. The van der Waals surface area contributed by atoms with Gasteiger partial charge in [-0.2, -0.15) is 0 Å². The molecule has 3 aromatic carbocycles. The molecule has 0 unspecified atom stereocenters. The number of aromatic hydroxyl groups is 3. The zero-order chi connectivity index (χ0) is 39.1. The Morgan fingerprint density at radius 2 is 0.538 bits per heavy atom. The Labute approximate surface area is 329 Å². The summed E-state index contributed by atoms with van der Waals surface area (Å²) in [7, 11) is 0.222. The van der Waals surface area contributed by atoms with Gasteiger partial charge in [-0.3, -0.25) is 0 Å². The van der Waals surface area contributed by atoms with E-state index in [1.807, 2.05) is 48.9 Å². The Morgan fingerprint density at radius 3 is 0.731 bits per heavy atom. The molecule has 0 aliphatic rings. The first-order valence-corrected chi connectivity index (χ1v) is 23.7. The molecule has 298 valence electrons. The third-order valence-electron chi connectivity index (χ3n) is 8.27. The van der Waals surface area contributed by atoms with Crippen LogP contribution in [0.2, 0.25) is 0 Å². The number of phenolic OH excluding ortho intramolecular Hbond substituents is 3. The first-order chi connectivity index (χ1) is 25.1. The van der Waals surface area contributed by atoms with Gasteiger partial charge in [0.05, 0.1) is 0 Å². The van der Waals surface area contributed by atoms with Gasteiger partial charge in [-0.15, -0.1) is 9.45 Å². The van der Waals surface area contributed by atoms with Crippen molar-refractivity contribution < 1.29 is 15.3 Å². The van der Waals surface area contributed by atoms with E-state index < -0.39 is 0 Å². The van der Waals surface area contributed by atoms with Gasteiger partial charge in [0, 0.05) is 0 Å². The van der Waals surface area contributed by atoms with E-state index in [-0.39, 0.29) is 9.45 Å². The fraction of sp³-hybridized carbons (Fsp3) is 0.617. The van der Waals surface area contributed by atoms with E-state index in [0.717, 1.165) is 19.3 Å². The zero-order valence-corrected chi connectivity index (χ0v) is 36.3. The molecule has 0 bridgehead atoms. The molecule has 0 amide bonds. The standard InChI is InChI=1S/3C14H22O.C3H8.C2H6S2/c3*1-2-3-4-5-6-7-8-13-9-11-14(15)12-10-13;1-3-2;1-4(2)3/h3*9-12,15H,2-8H2,1H3;3H2,1-2H3;1-2H3. The van der Waals surface area contributed by atoms with Crippen LogP contribution in [0.1, 0.15) is 173 Å². The molecule has 3 N–H and O–H groups in total. The molecule has 3 nitrogen and oxygen atoms in total. The highest BCUT2D eigenvalue weighted by Gasteiger charge is 1.97. The summed E-state index contributed by atoms with van der Waals surface area (Å²) in [5.41, 5.74) is 4.01. The Morgan fingerprint density at radius 1 is 0.365 bits per heavy atom. The third kappa shape index (κ3) is 38.9. The minimum Gasteiger partial charge on any atom is -0.508 e. The minimum atomic E-state index is 0.222. The summed E-state index contributed by atoms with van der Waals surface area (Å²) >= 11 is 4.65. The van der Waals surface area contributed by atoms with Crippen molar-refractivity contribution in [1.82, 2.24) is 0 Å². The lowest BCUT2D eigenvalue weighted by Crippen LogP contribution is -1.85. The zero-order valence-electron chi connectivity index (χ0n) is 34.6. The SMILES string of the molecule is CCC.CCCCCCCCc1ccc(O)cc1.CCCCCCCCc1ccc(O)cc1.CCCCCCCCc1ccc(O)cc1.CS(C)=S. The predicted molar refractivity (Wildman–Crippen MR) is 238 cm³/mol. The van der Waals surface area contributed by atoms with Crippen LogP contribution in [0.25, 0.3) is 0 Å². The van der Waals surface area contributed by atoms with Crippen molar-refractivity contribution >= 4 is 20.6 Å². The Kier molecular flexibility index (Phi) is 39.6. The fourth-order valence-corrected chi connectivity index (χ4v) is 5.32. The van der Waals surface area contributed by atoms with Crippen LogP contribution < -0.4 is 0 Å². The molecular formula is C47H80O3S2. The first-order valence-electron chi connectivity index (χ1n) is 20.7. The lowest BCUT2D eigenvalue weighted by atomic mass is 10.1. The van der Waals surface area contributed by atoms with Gasteiger partial charge in [0.2, 0.25) is 0 Å². The number of rotatable bonds is 21. The summed E-state index contributed by atoms with van der Waals surface area (Å²) in [4.78, 5) is 0. The molecule has 0 aliphatic carbocycles. The topological polar surface area (TPSA) is 60.7 Å². The Balaban J connectivity index is 0. The maximum atomic E-state index is 9.13. The Hall–Kier alpha value is -2.37. The molecule has 5 heteroatoms. The highest BCUT2D eigenvalue weighted by molar-refractivity contribution is 8.28. The summed E-state index contributed by atoms with van der Waals surface area (Å²) in [6, 6.07) is 22.7. The van der Waals surface area contributed by atoms with Gasteiger partial charge in [0.25, 0.3) is 0 Å². The van der Waals surface area contributed by atoms with Crippen LogP contribution in [0, 0.1) is 0 Å². The number of phenols is 3. The van der Waals surface area contributed by atoms with E-state index in [1.54, 1.807) is 36.4 Å². The van der Waals surface area contributed by atoms with E-state index >= 15 is 0 Å².